The van der Waals surface area contributed by atoms with Gasteiger partial charge in [0.15, 0.2) is 0 Å². The van der Waals surface area contributed by atoms with E-state index in [0.717, 1.165) is 19.4 Å². The second kappa shape index (κ2) is 3.72. The van der Waals surface area contributed by atoms with Crippen LogP contribution in [0.1, 0.15) is 24.8 Å². The third-order valence-electron chi connectivity index (χ3n) is 3.72. The van der Waals surface area contributed by atoms with Crippen molar-refractivity contribution in [3.05, 3.63) is 48.0 Å². The molecule has 1 N–H and O–H groups in total. The summed E-state index contributed by atoms with van der Waals surface area (Å²) in [6.07, 6.45) is 7.31. The molecule has 3 rings (SSSR count). The maximum atomic E-state index is 10.5. The zero-order valence-corrected chi connectivity index (χ0v) is 9.34. The van der Waals surface area contributed by atoms with E-state index in [-0.39, 0.29) is 0 Å². The Hall–Kier alpha value is -1.12. The molecule has 0 saturated carbocycles. The van der Waals surface area contributed by atoms with Crippen molar-refractivity contribution in [2.45, 2.75) is 37.6 Å². The summed E-state index contributed by atoms with van der Waals surface area (Å²) in [6, 6.07) is 10.8. The van der Waals surface area contributed by atoms with Crippen molar-refractivity contribution in [1.29, 1.82) is 0 Å². The highest BCUT2D eigenvalue weighted by molar-refractivity contribution is 5.21. The van der Waals surface area contributed by atoms with Gasteiger partial charge in [-0.2, -0.15) is 0 Å². The van der Waals surface area contributed by atoms with Crippen LogP contribution < -0.4 is 0 Å². The van der Waals surface area contributed by atoms with Crippen molar-refractivity contribution >= 4 is 0 Å². The highest BCUT2D eigenvalue weighted by Gasteiger charge is 2.43. The quantitative estimate of drug-likeness (QED) is 0.765. The summed E-state index contributed by atoms with van der Waals surface area (Å²) in [5.74, 6) is 0. The summed E-state index contributed by atoms with van der Waals surface area (Å²) >= 11 is 0. The Bertz CT molecular complexity index is 400. The molecule has 2 aliphatic heterocycles. The zero-order valence-electron chi connectivity index (χ0n) is 9.34. The normalized spacial score (nSPS) is 33.2. The van der Waals surface area contributed by atoms with E-state index in [4.69, 9.17) is 0 Å². The number of rotatable bonds is 2. The first kappa shape index (κ1) is 10.1. The van der Waals surface area contributed by atoms with Gasteiger partial charge >= 0.3 is 0 Å². The number of fused-ring (bicyclic) bond motifs is 2. The summed E-state index contributed by atoms with van der Waals surface area (Å²) in [5, 5.41) is 10.5. The van der Waals surface area contributed by atoms with E-state index in [1.807, 2.05) is 12.1 Å². The third kappa shape index (κ3) is 1.58. The summed E-state index contributed by atoms with van der Waals surface area (Å²) in [7, 11) is 0. The lowest BCUT2D eigenvalue weighted by Gasteiger charge is -2.41. The van der Waals surface area contributed by atoms with Crippen LogP contribution in [-0.2, 0) is 6.54 Å². The third-order valence-corrected chi connectivity index (χ3v) is 3.72. The van der Waals surface area contributed by atoms with Gasteiger partial charge in [-0.15, -0.1) is 0 Å². The largest absolute Gasteiger partial charge is 0.372 e. The molecule has 1 aromatic carbocycles. The monoisotopic (exact) mass is 215 g/mol. The van der Waals surface area contributed by atoms with E-state index < -0.39 is 5.72 Å². The maximum absolute atomic E-state index is 10.5. The van der Waals surface area contributed by atoms with Gasteiger partial charge in [0.1, 0.15) is 5.72 Å². The van der Waals surface area contributed by atoms with Crippen molar-refractivity contribution in [3.63, 3.8) is 0 Å². The van der Waals surface area contributed by atoms with Gasteiger partial charge in [0, 0.05) is 12.6 Å². The van der Waals surface area contributed by atoms with Gasteiger partial charge < -0.3 is 5.11 Å². The molecule has 0 unspecified atom stereocenters. The Morgan fingerprint density at radius 2 is 2.12 bits per heavy atom. The fourth-order valence-corrected chi connectivity index (χ4v) is 2.84. The van der Waals surface area contributed by atoms with Gasteiger partial charge in [-0.05, 0) is 30.9 Å². The molecule has 2 nitrogen and oxygen atoms in total. The second-order valence-corrected chi connectivity index (χ2v) is 4.81. The molecule has 2 atom stereocenters. The van der Waals surface area contributed by atoms with Crippen LogP contribution in [0.15, 0.2) is 42.5 Å². The van der Waals surface area contributed by atoms with Crippen molar-refractivity contribution in [1.82, 2.24) is 4.90 Å². The van der Waals surface area contributed by atoms with E-state index in [0.29, 0.717) is 6.04 Å². The Kier molecular flexibility index (Phi) is 2.34. The van der Waals surface area contributed by atoms with Crippen LogP contribution in [0.3, 0.4) is 0 Å². The topological polar surface area (TPSA) is 23.5 Å². The summed E-state index contributed by atoms with van der Waals surface area (Å²) in [4.78, 5) is 2.21. The minimum absolute atomic E-state index is 0.430. The number of hydrogen-bond donors (Lipinski definition) is 1. The molecule has 1 saturated heterocycles. The highest BCUT2D eigenvalue weighted by Crippen LogP contribution is 2.38. The maximum Gasteiger partial charge on any atom is 0.138 e. The van der Waals surface area contributed by atoms with Crippen LogP contribution in [0, 0.1) is 0 Å². The smallest absolute Gasteiger partial charge is 0.138 e. The zero-order chi connectivity index (χ0) is 11.0. The molecule has 2 bridgehead atoms. The molecule has 2 heterocycles. The predicted molar refractivity (Wildman–Crippen MR) is 63.7 cm³/mol. The number of nitrogens with zero attached hydrogens (tertiary/aromatic N) is 1. The fourth-order valence-electron chi connectivity index (χ4n) is 2.84. The first-order chi connectivity index (χ1) is 7.78. The molecule has 0 radical (unpaired) electrons. The molecule has 84 valence electrons. The van der Waals surface area contributed by atoms with Crippen LogP contribution >= 0.6 is 0 Å². The minimum Gasteiger partial charge on any atom is -0.372 e. The molecule has 0 aliphatic carbocycles. The Morgan fingerprint density at radius 3 is 2.88 bits per heavy atom. The molecular formula is C14H17NO. The van der Waals surface area contributed by atoms with E-state index in [1.54, 1.807) is 0 Å². The van der Waals surface area contributed by atoms with E-state index >= 15 is 0 Å². The van der Waals surface area contributed by atoms with Crippen molar-refractivity contribution in [2.24, 2.45) is 0 Å². The average molecular weight is 215 g/mol. The van der Waals surface area contributed by atoms with Gasteiger partial charge in [0.2, 0.25) is 0 Å². The molecular weight excluding hydrogens is 198 g/mol. The number of aliphatic hydroxyl groups is 1. The molecule has 1 aromatic rings. The fraction of sp³-hybridized carbons (Fsp3) is 0.429. The molecule has 0 aromatic heterocycles. The summed E-state index contributed by atoms with van der Waals surface area (Å²) in [6.45, 7) is 0.842. The van der Waals surface area contributed by atoms with Gasteiger partial charge in [-0.1, -0.05) is 36.4 Å². The molecule has 2 aliphatic rings. The molecule has 0 spiro atoms. The van der Waals surface area contributed by atoms with Crippen molar-refractivity contribution in [2.75, 3.05) is 0 Å². The lowest BCUT2D eigenvalue weighted by molar-refractivity contribution is -0.101. The molecule has 2 heteroatoms. The lowest BCUT2D eigenvalue weighted by Crippen LogP contribution is -2.50. The predicted octanol–water partition coefficient (Wildman–Crippen LogP) is 2.30. The van der Waals surface area contributed by atoms with Crippen LogP contribution in [0.4, 0.5) is 0 Å². The van der Waals surface area contributed by atoms with E-state index in [9.17, 15) is 5.11 Å². The molecule has 1 fully saturated rings. The Balaban J connectivity index is 1.81. The Morgan fingerprint density at radius 1 is 1.31 bits per heavy atom. The lowest BCUT2D eigenvalue weighted by atomic mass is 9.98. The van der Waals surface area contributed by atoms with Crippen LogP contribution in [0.25, 0.3) is 0 Å². The molecule has 16 heavy (non-hydrogen) atoms. The van der Waals surface area contributed by atoms with Crippen LogP contribution in [-0.4, -0.2) is 21.8 Å². The summed E-state index contributed by atoms with van der Waals surface area (Å²) in [5.41, 5.74) is 0.593. The summed E-state index contributed by atoms with van der Waals surface area (Å²) < 4.78 is 0. The first-order valence-corrected chi connectivity index (χ1v) is 6.00. The van der Waals surface area contributed by atoms with Crippen LogP contribution in [0.5, 0.6) is 0 Å². The number of benzene rings is 1. The average Bonchev–Trinajstić information content (AvgIpc) is 2.50. The van der Waals surface area contributed by atoms with Gasteiger partial charge in [-0.3, -0.25) is 4.90 Å². The van der Waals surface area contributed by atoms with Crippen molar-refractivity contribution < 1.29 is 5.11 Å². The van der Waals surface area contributed by atoms with Gasteiger partial charge in [-0.25, -0.2) is 0 Å². The standard InChI is InChI=1S/C14H17NO/c16-14-9-4-7-13(8-10-14)15(14)11-12-5-2-1-3-6-12/h1-3,5-6,8,10,13,16H,4,7,9,11H2/t13-,14-/m0/s1. The van der Waals surface area contributed by atoms with Crippen molar-refractivity contribution in [3.8, 4) is 0 Å². The number of hydrogen-bond acceptors (Lipinski definition) is 2. The van der Waals surface area contributed by atoms with E-state index in [2.05, 4.69) is 35.2 Å². The van der Waals surface area contributed by atoms with Crippen LogP contribution in [0.2, 0.25) is 0 Å². The van der Waals surface area contributed by atoms with Gasteiger partial charge in [0.25, 0.3) is 0 Å². The minimum atomic E-state index is -0.682. The first-order valence-electron chi connectivity index (χ1n) is 6.00. The van der Waals surface area contributed by atoms with Gasteiger partial charge in [0.05, 0.1) is 0 Å². The Labute approximate surface area is 96.2 Å². The highest BCUT2D eigenvalue weighted by atomic mass is 16.3. The second-order valence-electron chi connectivity index (χ2n) is 4.81. The van der Waals surface area contributed by atoms with E-state index in [1.165, 1.54) is 12.0 Å². The number of piperidine rings is 1. The molecule has 0 amide bonds. The SMILES string of the molecule is O[C@]12C=C[C@H](CCC1)N2Cc1ccccc1.